The van der Waals surface area contributed by atoms with Gasteiger partial charge >= 0.3 is 0 Å². The summed E-state index contributed by atoms with van der Waals surface area (Å²) < 4.78 is 0. The smallest absolute Gasteiger partial charge is 0.259 e. The van der Waals surface area contributed by atoms with E-state index in [1.54, 1.807) is 6.92 Å². The van der Waals surface area contributed by atoms with Crippen molar-refractivity contribution < 1.29 is 15.0 Å². The molecule has 0 fully saturated rings. The van der Waals surface area contributed by atoms with E-state index < -0.39 is 5.91 Å². The summed E-state index contributed by atoms with van der Waals surface area (Å²) in [5.74, 6) is 4.20. The number of hydrogen-bond donors (Lipinski definition) is 3. The Labute approximate surface area is 87.6 Å². The summed E-state index contributed by atoms with van der Waals surface area (Å²) in [6, 6.07) is 4.12. The number of rotatable bonds is 2. The Kier molecular flexibility index (Phi) is 3.58. The Morgan fingerprint density at radius 1 is 1.40 bits per heavy atom. The maximum absolute atomic E-state index is 11.5. The predicted octanol–water partition coefficient (Wildman–Crippen LogP) is 0.851. The molecule has 1 aromatic rings. The Bertz CT molecular complexity index is 409. The Morgan fingerprint density at radius 3 is 2.53 bits per heavy atom. The highest BCUT2D eigenvalue weighted by atomic mass is 16.3. The number of amides is 1. The first kappa shape index (κ1) is 10.9. The lowest BCUT2D eigenvalue weighted by molar-refractivity contribution is 0.0953. The second kappa shape index (κ2) is 4.91. The average molecular weight is 205 g/mol. The van der Waals surface area contributed by atoms with Crippen molar-refractivity contribution in [1.82, 2.24) is 5.32 Å². The fraction of sp³-hybridized carbons (Fsp3) is 0.182. The average Bonchev–Trinajstić information content (AvgIpc) is 2.18. The topological polar surface area (TPSA) is 69.6 Å². The molecule has 0 aliphatic heterocycles. The van der Waals surface area contributed by atoms with E-state index >= 15 is 0 Å². The predicted molar refractivity (Wildman–Crippen MR) is 55.6 cm³/mol. The summed E-state index contributed by atoms with van der Waals surface area (Å²) in [7, 11) is 0. The van der Waals surface area contributed by atoms with Gasteiger partial charge in [0, 0.05) is 0 Å². The quantitative estimate of drug-likeness (QED) is 0.627. The lowest BCUT2D eigenvalue weighted by Gasteiger charge is -2.05. The molecule has 3 N–H and O–H groups in total. The first-order valence-electron chi connectivity index (χ1n) is 4.35. The van der Waals surface area contributed by atoms with E-state index in [-0.39, 0.29) is 23.6 Å². The van der Waals surface area contributed by atoms with Crippen LogP contribution in [0.2, 0.25) is 0 Å². The van der Waals surface area contributed by atoms with Crippen LogP contribution in [0.25, 0.3) is 0 Å². The standard InChI is InChI=1S/C11H11NO3/c1-2-3-7-12-11(15)10-8(13)5-4-6-9(10)14/h4-6,13-14H,7H2,1H3,(H,12,15). The molecule has 0 aliphatic rings. The number of hydrogen-bond acceptors (Lipinski definition) is 3. The Balaban J connectivity index is 2.85. The second-order valence-corrected chi connectivity index (χ2v) is 2.78. The van der Waals surface area contributed by atoms with Crippen LogP contribution in [-0.2, 0) is 0 Å². The molecule has 15 heavy (non-hydrogen) atoms. The van der Waals surface area contributed by atoms with Crippen LogP contribution in [0.15, 0.2) is 18.2 Å². The number of aromatic hydroxyl groups is 2. The molecule has 4 nitrogen and oxygen atoms in total. The van der Waals surface area contributed by atoms with Crippen molar-refractivity contribution in [2.75, 3.05) is 6.54 Å². The van der Waals surface area contributed by atoms with E-state index in [4.69, 9.17) is 0 Å². The van der Waals surface area contributed by atoms with Crippen molar-refractivity contribution in [2.24, 2.45) is 0 Å². The molecule has 1 amide bonds. The third kappa shape index (κ3) is 2.64. The highest BCUT2D eigenvalue weighted by molar-refractivity contribution is 5.99. The summed E-state index contributed by atoms with van der Waals surface area (Å²) in [5, 5.41) is 21.2. The summed E-state index contributed by atoms with van der Waals surface area (Å²) in [4.78, 5) is 11.5. The number of phenolic OH excluding ortho intramolecular Hbond substituents is 2. The van der Waals surface area contributed by atoms with E-state index in [9.17, 15) is 15.0 Å². The van der Waals surface area contributed by atoms with Gasteiger partial charge in [0.05, 0.1) is 6.54 Å². The van der Waals surface area contributed by atoms with Crippen LogP contribution in [-0.4, -0.2) is 22.7 Å². The van der Waals surface area contributed by atoms with E-state index in [0.717, 1.165) is 0 Å². The number of carbonyl (C=O) groups excluding carboxylic acids is 1. The maximum atomic E-state index is 11.5. The fourth-order valence-corrected chi connectivity index (χ4v) is 1.06. The molecule has 1 rings (SSSR count). The SMILES string of the molecule is CC#CCNC(=O)c1c(O)cccc1O. The minimum Gasteiger partial charge on any atom is -0.507 e. The van der Waals surface area contributed by atoms with Gasteiger partial charge in [0.1, 0.15) is 17.1 Å². The van der Waals surface area contributed by atoms with Crippen LogP contribution in [0.1, 0.15) is 17.3 Å². The number of nitrogens with one attached hydrogen (secondary N) is 1. The summed E-state index contributed by atoms with van der Waals surface area (Å²) in [6.45, 7) is 1.84. The zero-order valence-electron chi connectivity index (χ0n) is 8.24. The minimum absolute atomic E-state index is 0.129. The Hall–Kier alpha value is -2.15. The molecule has 0 aliphatic carbocycles. The van der Waals surface area contributed by atoms with Gasteiger partial charge in [-0.25, -0.2) is 0 Å². The van der Waals surface area contributed by atoms with Crippen LogP contribution in [0.5, 0.6) is 11.5 Å². The van der Waals surface area contributed by atoms with Crippen LogP contribution < -0.4 is 5.32 Å². The lowest BCUT2D eigenvalue weighted by Crippen LogP contribution is -2.23. The highest BCUT2D eigenvalue weighted by Crippen LogP contribution is 2.25. The van der Waals surface area contributed by atoms with Crippen molar-refractivity contribution >= 4 is 5.91 Å². The van der Waals surface area contributed by atoms with Gasteiger partial charge in [-0.1, -0.05) is 12.0 Å². The lowest BCUT2D eigenvalue weighted by atomic mass is 10.1. The van der Waals surface area contributed by atoms with Crippen molar-refractivity contribution in [1.29, 1.82) is 0 Å². The Morgan fingerprint density at radius 2 is 2.00 bits per heavy atom. The molecule has 0 spiro atoms. The highest BCUT2D eigenvalue weighted by Gasteiger charge is 2.14. The molecule has 78 valence electrons. The second-order valence-electron chi connectivity index (χ2n) is 2.78. The molecule has 0 saturated carbocycles. The van der Waals surface area contributed by atoms with Gasteiger partial charge in [0.2, 0.25) is 0 Å². The molecule has 0 unspecified atom stereocenters. The van der Waals surface area contributed by atoms with Crippen LogP contribution in [0.4, 0.5) is 0 Å². The van der Waals surface area contributed by atoms with Crippen molar-refractivity contribution in [3.63, 3.8) is 0 Å². The largest absolute Gasteiger partial charge is 0.507 e. The van der Waals surface area contributed by atoms with Crippen LogP contribution in [0, 0.1) is 11.8 Å². The van der Waals surface area contributed by atoms with Crippen molar-refractivity contribution in [3.05, 3.63) is 23.8 Å². The van der Waals surface area contributed by atoms with Gasteiger partial charge in [-0.05, 0) is 19.1 Å². The van der Waals surface area contributed by atoms with E-state index in [2.05, 4.69) is 17.2 Å². The van der Waals surface area contributed by atoms with Gasteiger partial charge in [-0.3, -0.25) is 4.79 Å². The van der Waals surface area contributed by atoms with E-state index in [1.165, 1.54) is 18.2 Å². The molecule has 1 aromatic carbocycles. The van der Waals surface area contributed by atoms with Crippen molar-refractivity contribution in [3.8, 4) is 23.3 Å². The van der Waals surface area contributed by atoms with Gasteiger partial charge < -0.3 is 15.5 Å². The van der Waals surface area contributed by atoms with Crippen LogP contribution >= 0.6 is 0 Å². The van der Waals surface area contributed by atoms with Gasteiger partial charge in [0.15, 0.2) is 0 Å². The van der Waals surface area contributed by atoms with Crippen LogP contribution in [0.3, 0.4) is 0 Å². The normalized spacial score (nSPS) is 8.87. The molecular weight excluding hydrogens is 194 g/mol. The maximum Gasteiger partial charge on any atom is 0.259 e. The summed E-state index contributed by atoms with van der Waals surface area (Å²) in [6.07, 6.45) is 0. The third-order valence-electron chi connectivity index (χ3n) is 1.76. The molecule has 0 atom stereocenters. The molecular formula is C11H11NO3. The zero-order valence-corrected chi connectivity index (χ0v) is 8.24. The molecule has 0 aromatic heterocycles. The number of benzene rings is 1. The van der Waals surface area contributed by atoms with Crippen molar-refractivity contribution in [2.45, 2.75) is 6.92 Å². The number of phenols is 2. The van der Waals surface area contributed by atoms with Gasteiger partial charge in [0.25, 0.3) is 5.91 Å². The van der Waals surface area contributed by atoms with E-state index in [1.807, 2.05) is 0 Å². The fourth-order valence-electron chi connectivity index (χ4n) is 1.06. The molecule has 0 heterocycles. The first-order valence-corrected chi connectivity index (χ1v) is 4.35. The first-order chi connectivity index (χ1) is 7.16. The summed E-state index contributed by atoms with van der Waals surface area (Å²) in [5.41, 5.74) is -0.129. The van der Waals surface area contributed by atoms with Gasteiger partial charge in [-0.15, -0.1) is 5.92 Å². The molecule has 4 heteroatoms. The minimum atomic E-state index is -0.548. The monoisotopic (exact) mass is 205 g/mol. The number of carbonyl (C=O) groups is 1. The zero-order chi connectivity index (χ0) is 11.3. The summed E-state index contributed by atoms with van der Waals surface area (Å²) >= 11 is 0. The van der Waals surface area contributed by atoms with E-state index in [0.29, 0.717) is 0 Å². The molecule has 0 saturated heterocycles. The molecule has 0 bridgehead atoms. The molecule has 0 radical (unpaired) electrons. The van der Waals surface area contributed by atoms with Gasteiger partial charge in [-0.2, -0.15) is 0 Å². The third-order valence-corrected chi connectivity index (χ3v) is 1.76.